The molecule has 8 heteroatoms. The normalized spacial score (nSPS) is 12.7. The fourth-order valence-corrected chi connectivity index (χ4v) is 2.14. The van der Waals surface area contributed by atoms with E-state index in [-0.39, 0.29) is 26.0 Å². The van der Waals surface area contributed by atoms with E-state index in [0.29, 0.717) is 6.61 Å². The number of hydrogen-bond acceptors (Lipinski definition) is 6. The molecule has 7 nitrogen and oxygen atoms in total. The zero-order chi connectivity index (χ0) is 15.4. The Kier molecular flexibility index (Phi) is 11.0. The van der Waals surface area contributed by atoms with Crippen LogP contribution in [0.25, 0.3) is 0 Å². The van der Waals surface area contributed by atoms with E-state index in [1.165, 1.54) is 5.80 Å². The summed E-state index contributed by atoms with van der Waals surface area (Å²) < 4.78 is 14.6. The summed E-state index contributed by atoms with van der Waals surface area (Å²) in [5.74, 6) is 0.857. The van der Waals surface area contributed by atoms with E-state index >= 15 is 0 Å². The standard InChI is InChI=1S/C12H22NO6P/c1-4-17-9-20(16)8-7-10(11(14)18-5-2)13-12(15)19-6-3/h8,10H,4-7,9H2,1-3H3,(H,13,15). The van der Waals surface area contributed by atoms with Crippen LogP contribution in [0.5, 0.6) is 0 Å². The molecule has 1 N–H and O–H groups in total. The number of carbonyl (C=O) groups excluding carboxylic acids is 2. The third-order valence-corrected chi connectivity index (χ3v) is 3.16. The van der Waals surface area contributed by atoms with E-state index in [1.54, 1.807) is 20.8 Å². The van der Waals surface area contributed by atoms with Crippen LogP contribution in [0.15, 0.2) is 0 Å². The highest BCUT2D eigenvalue weighted by Gasteiger charge is 2.22. The minimum absolute atomic E-state index is 0.0971. The molecule has 0 aliphatic rings. The van der Waals surface area contributed by atoms with Crippen molar-refractivity contribution < 1.29 is 28.7 Å². The third-order valence-electron chi connectivity index (χ3n) is 2.11. The highest BCUT2D eigenvalue weighted by molar-refractivity contribution is 7.49. The van der Waals surface area contributed by atoms with Gasteiger partial charge in [0.15, 0.2) is 0 Å². The molecule has 0 aromatic rings. The topological polar surface area (TPSA) is 96.9 Å². The van der Waals surface area contributed by atoms with Crippen molar-refractivity contribution in [3.05, 3.63) is 0 Å². The van der Waals surface area contributed by atoms with E-state index in [9.17, 15) is 14.5 Å². The van der Waals surface area contributed by atoms with Crippen molar-refractivity contribution in [3.8, 4) is 0 Å². The van der Waals surface area contributed by atoms with Crippen molar-refractivity contribution in [1.29, 1.82) is 0 Å². The van der Waals surface area contributed by atoms with E-state index < -0.39 is 25.9 Å². The Hall–Kier alpha value is -1.17. The van der Waals surface area contributed by atoms with Gasteiger partial charge in [0.1, 0.15) is 6.04 Å². The molecular weight excluding hydrogens is 285 g/mol. The fourth-order valence-electron chi connectivity index (χ4n) is 1.23. The van der Waals surface area contributed by atoms with Crippen LogP contribution in [0.2, 0.25) is 0 Å². The molecule has 0 aliphatic carbocycles. The van der Waals surface area contributed by atoms with Crippen molar-refractivity contribution in [2.75, 3.05) is 26.2 Å². The number of hydrogen-bond donors (Lipinski definition) is 1. The molecule has 0 aromatic carbocycles. The Balaban J connectivity index is 4.52. The summed E-state index contributed by atoms with van der Waals surface area (Å²) in [5, 5.41) is 2.38. The first-order valence-electron chi connectivity index (χ1n) is 6.49. The zero-order valence-corrected chi connectivity index (χ0v) is 13.0. The van der Waals surface area contributed by atoms with E-state index in [0.717, 1.165) is 0 Å². The molecule has 0 bridgehead atoms. The maximum atomic E-state index is 11.7. The molecule has 0 spiro atoms. The monoisotopic (exact) mass is 307 g/mol. The lowest BCUT2D eigenvalue weighted by Gasteiger charge is -2.14. The van der Waals surface area contributed by atoms with Crippen LogP contribution >= 0.6 is 7.77 Å². The average Bonchev–Trinajstić information content (AvgIpc) is 2.41. The second-order valence-electron chi connectivity index (χ2n) is 3.63. The maximum absolute atomic E-state index is 11.7. The van der Waals surface area contributed by atoms with Crippen molar-refractivity contribution in [1.82, 2.24) is 5.32 Å². The van der Waals surface area contributed by atoms with Gasteiger partial charge in [0.2, 0.25) is 6.35 Å². The number of alkyl carbamates (subject to hydrolysis) is 1. The smallest absolute Gasteiger partial charge is 0.407 e. The van der Waals surface area contributed by atoms with Crippen LogP contribution in [0.1, 0.15) is 27.2 Å². The van der Waals surface area contributed by atoms with Crippen molar-refractivity contribution in [2.45, 2.75) is 33.2 Å². The lowest BCUT2D eigenvalue weighted by molar-refractivity contribution is -0.156. The van der Waals surface area contributed by atoms with Crippen LogP contribution in [0, 0.1) is 0 Å². The molecule has 1 amide bonds. The predicted molar refractivity (Wildman–Crippen MR) is 74.7 cm³/mol. The molecule has 0 saturated carbocycles. The van der Waals surface area contributed by atoms with Gasteiger partial charge in [0.05, 0.1) is 26.8 Å². The number of rotatable bonds is 9. The summed E-state index contributed by atoms with van der Waals surface area (Å²) in [5.41, 5.74) is 0. The predicted octanol–water partition coefficient (Wildman–Crippen LogP) is 0.608. The van der Waals surface area contributed by atoms with Crippen LogP contribution < -0.4 is 10.2 Å². The van der Waals surface area contributed by atoms with Gasteiger partial charge in [-0.3, -0.25) is 0 Å². The fraction of sp³-hybridized carbons (Fsp3) is 0.750. The summed E-state index contributed by atoms with van der Waals surface area (Å²) in [6.45, 7) is 5.99. The Morgan fingerprint density at radius 1 is 1.20 bits per heavy atom. The highest BCUT2D eigenvalue weighted by Crippen LogP contribution is 2.11. The molecule has 2 unspecified atom stereocenters. The Morgan fingerprint density at radius 3 is 2.40 bits per heavy atom. The molecule has 0 fully saturated rings. The largest absolute Gasteiger partial charge is 0.629 e. The van der Waals surface area contributed by atoms with E-state index in [2.05, 4.69) is 5.32 Å². The summed E-state index contributed by atoms with van der Waals surface area (Å²) in [4.78, 5) is 34.6. The summed E-state index contributed by atoms with van der Waals surface area (Å²) >= 11 is 0. The first-order valence-corrected chi connectivity index (χ1v) is 8.01. The van der Waals surface area contributed by atoms with Crippen LogP contribution in [-0.2, 0) is 19.0 Å². The van der Waals surface area contributed by atoms with Gasteiger partial charge in [-0.05, 0) is 20.8 Å². The van der Waals surface area contributed by atoms with Gasteiger partial charge < -0.3 is 24.4 Å². The number of amides is 1. The molecule has 0 saturated heterocycles. The number of esters is 1. The maximum Gasteiger partial charge on any atom is 0.407 e. The van der Waals surface area contributed by atoms with Crippen molar-refractivity contribution in [2.24, 2.45) is 0 Å². The minimum atomic E-state index is -1.68. The van der Waals surface area contributed by atoms with Gasteiger partial charge in [0.25, 0.3) is 0 Å². The van der Waals surface area contributed by atoms with Gasteiger partial charge in [-0.2, -0.15) is 0 Å². The minimum Gasteiger partial charge on any atom is -0.629 e. The SMILES string of the molecule is CCOC[P+]([O-])=CCC(NC(=O)OCC)C(=O)OCC. The number of ether oxygens (including phenoxy) is 3. The average molecular weight is 307 g/mol. The number of carbonyl (C=O) groups is 2. The summed E-state index contributed by atoms with van der Waals surface area (Å²) in [6.07, 6.45) is -0.514. The molecule has 0 aromatic heterocycles. The molecule has 2 atom stereocenters. The third kappa shape index (κ3) is 8.85. The lowest BCUT2D eigenvalue weighted by Crippen LogP contribution is -2.42. The van der Waals surface area contributed by atoms with Gasteiger partial charge in [0, 0.05) is 13.0 Å². The van der Waals surface area contributed by atoms with Gasteiger partial charge in [-0.25, -0.2) is 9.59 Å². The zero-order valence-electron chi connectivity index (χ0n) is 12.1. The first-order chi connectivity index (χ1) is 9.54. The quantitative estimate of drug-likeness (QED) is 0.495. The first kappa shape index (κ1) is 18.8. The van der Waals surface area contributed by atoms with Crippen LogP contribution in [0.4, 0.5) is 4.79 Å². The molecule has 0 aliphatic heterocycles. The highest BCUT2D eigenvalue weighted by atomic mass is 31.1. The molecule has 0 heterocycles. The second kappa shape index (κ2) is 11.6. The molecular formula is C12H22NO6P. The Morgan fingerprint density at radius 2 is 1.85 bits per heavy atom. The molecule has 116 valence electrons. The van der Waals surface area contributed by atoms with E-state index in [4.69, 9.17) is 14.2 Å². The number of nitrogens with one attached hydrogen (secondary N) is 1. The van der Waals surface area contributed by atoms with Gasteiger partial charge in [-0.1, -0.05) is 0 Å². The Labute approximate surface area is 120 Å². The second-order valence-corrected chi connectivity index (χ2v) is 5.08. The van der Waals surface area contributed by atoms with Crippen molar-refractivity contribution in [3.63, 3.8) is 0 Å². The Bertz CT molecular complexity index is 334. The summed E-state index contributed by atoms with van der Waals surface area (Å²) in [6, 6.07) is -0.908. The molecule has 0 radical (unpaired) electrons. The molecule has 0 rings (SSSR count). The van der Waals surface area contributed by atoms with Crippen LogP contribution in [-0.4, -0.2) is 50.1 Å². The lowest BCUT2D eigenvalue weighted by atomic mass is 10.2. The van der Waals surface area contributed by atoms with Crippen molar-refractivity contribution >= 4 is 25.6 Å². The van der Waals surface area contributed by atoms with Gasteiger partial charge >= 0.3 is 12.1 Å². The molecule has 20 heavy (non-hydrogen) atoms. The van der Waals surface area contributed by atoms with E-state index in [1.807, 2.05) is 0 Å². The summed E-state index contributed by atoms with van der Waals surface area (Å²) in [7, 11) is -1.68. The van der Waals surface area contributed by atoms with Gasteiger partial charge in [-0.15, -0.1) is 0 Å². The van der Waals surface area contributed by atoms with Crippen LogP contribution in [0.3, 0.4) is 0 Å².